The Morgan fingerprint density at radius 2 is 2.12 bits per heavy atom. The molecule has 2 N–H and O–H groups in total. The number of nitrogens with zero attached hydrogens (tertiary/aromatic N) is 4. The zero-order valence-corrected chi connectivity index (χ0v) is 13.0. The molecular formula is C17H13N5O3. The number of hydrogen-bond acceptors (Lipinski definition) is 7. The van der Waals surface area contributed by atoms with Crippen molar-refractivity contribution >= 4 is 5.91 Å². The summed E-state index contributed by atoms with van der Waals surface area (Å²) in [6.45, 7) is 0.405. The van der Waals surface area contributed by atoms with Gasteiger partial charge in [-0.15, -0.1) is 0 Å². The molecule has 8 nitrogen and oxygen atoms in total. The van der Waals surface area contributed by atoms with Crippen LogP contribution in [0.3, 0.4) is 0 Å². The quantitative estimate of drug-likeness (QED) is 0.725. The van der Waals surface area contributed by atoms with E-state index in [1.165, 1.54) is 12.3 Å². The normalized spacial score (nSPS) is 10.2. The summed E-state index contributed by atoms with van der Waals surface area (Å²) in [7, 11) is 0. The minimum Gasteiger partial charge on any atom is -0.505 e. The second-order valence-electron chi connectivity index (χ2n) is 5.16. The highest BCUT2D eigenvalue weighted by Gasteiger charge is 2.16. The first-order valence-corrected chi connectivity index (χ1v) is 7.38. The van der Waals surface area contributed by atoms with Gasteiger partial charge in [0.1, 0.15) is 11.8 Å². The third-order valence-electron chi connectivity index (χ3n) is 3.32. The number of carbonyl (C=O) groups excluding carboxylic acids is 1. The Bertz CT molecular complexity index is 931. The molecule has 0 spiro atoms. The van der Waals surface area contributed by atoms with Crippen molar-refractivity contribution in [2.24, 2.45) is 0 Å². The first-order valence-electron chi connectivity index (χ1n) is 7.38. The van der Waals surface area contributed by atoms with E-state index in [4.69, 9.17) is 9.78 Å². The van der Waals surface area contributed by atoms with Crippen LogP contribution in [0.2, 0.25) is 0 Å². The van der Waals surface area contributed by atoms with Gasteiger partial charge < -0.3 is 14.9 Å². The Kier molecular flexibility index (Phi) is 4.67. The Hall–Kier alpha value is -3.73. The molecule has 0 radical (unpaired) electrons. The smallest absolute Gasteiger partial charge is 0.280 e. The molecular weight excluding hydrogens is 322 g/mol. The van der Waals surface area contributed by atoms with Gasteiger partial charge in [-0.25, -0.2) is 4.98 Å². The summed E-state index contributed by atoms with van der Waals surface area (Å²) in [5, 5.41) is 25.1. The van der Waals surface area contributed by atoms with Crippen LogP contribution in [0.4, 0.5) is 0 Å². The fourth-order valence-corrected chi connectivity index (χ4v) is 2.10. The predicted octanol–water partition coefficient (Wildman–Crippen LogP) is 1.57. The van der Waals surface area contributed by atoms with Crippen molar-refractivity contribution in [3.8, 4) is 23.4 Å². The number of hydrogen-bond donors (Lipinski definition) is 2. The topological polar surface area (TPSA) is 125 Å². The van der Waals surface area contributed by atoms with Crippen LogP contribution in [-0.2, 0) is 17.8 Å². The lowest BCUT2D eigenvalue weighted by Gasteiger charge is -2.03. The summed E-state index contributed by atoms with van der Waals surface area (Å²) in [6.07, 6.45) is 1.22. The zero-order valence-electron chi connectivity index (χ0n) is 13.0. The van der Waals surface area contributed by atoms with Gasteiger partial charge >= 0.3 is 0 Å². The van der Waals surface area contributed by atoms with Crippen molar-refractivity contribution in [3.05, 3.63) is 59.5 Å². The number of nitriles is 1. The van der Waals surface area contributed by atoms with Crippen LogP contribution in [0.15, 0.2) is 47.1 Å². The molecule has 0 fully saturated rings. The second kappa shape index (κ2) is 7.23. The molecule has 3 aromatic rings. The third-order valence-corrected chi connectivity index (χ3v) is 3.32. The number of rotatable bonds is 5. The first-order chi connectivity index (χ1) is 12.2. The maximum absolute atomic E-state index is 11.9. The van der Waals surface area contributed by atoms with Crippen molar-refractivity contribution in [2.45, 2.75) is 13.0 Å². The van der Waals surface area contributed by atoms with Gasteiger partial charge in [-0.05, 0) is 5.56 Å². The van der Waals surface area contributed by atoms with E-state index in [1.54, 1.807) is 0 Å². The molecule has 0 aliphatic heterocycles. The van der Waals surface area contributed by atoms with Crippen LogP contribution in [0.1, 0.15) is 17.0 Å². The largest absolute Gasteiger partial charge is 0.505 e. The molecule has 8 heteroatoms. The van der Waals surface area contributed by atoms with Crippen LogP contribution in [-0.4, -0.2) is 26.1 Å². The van der Waals surface area contributed by atoms with Crippen molar-refractivity contribution in [1.29, 1.82) is 5.26 Å². The van der Waals surface area contributed by atoms with Crippen LogP contribution in [0.25, 0.3) is 11.6 Å². The van der Waals surface area contributed by atoms with E-state index >= 15 is 0 Å². The highest BCUT2D eigenvalue weighted by molar-refractivity contribution is 5.77. The number of benzene rings is 1. The molecule has 2 aromatic heterocycles. The minimum absolute atomic E-state index is 0.0205. The van der Waals surface area contributed by atoms with Gasteiger partial charge in [0, 0.05) is 18.8 Å². The molecule has 0 atom stereocenters. The first kappa shape index (κ1) is 16.1. The van der Waals surface area contributed by atoms with Crippen LogP contribution in [0, 0.1) is 11.3 Å². The van der Waals surface area contributed by atoms with E-state index in [0.717, 1.165) is 5.56 Å². The Labute approximate surface area is 142 Å². The Morgan fingerprint density at radius 1 is 1.32 bits per heavy atom. The number of aromatic hydroxyl groups is 1. The molecule has 0 saturated heterocycles. The fourth-order valence-electron chi connectivity index (χ4n) is 2.10. The van der Waals surface area contributed by atoms with Crippen LogP contribution < -0.4 is 5.32 Å². The molecule has 0 aliphatic rings. The van der Waals surface area contributed by atoms with Crippen molar-refractivity contribution in [2.75, 3.05) is 0 Å². The summed E-state index contributed by atoms with van der Waals surface area (Å²) >= 11 is 0. The summed E-state index contributed by atoms with van der Waals surface area (Å²) in [6, 6.07) is 12.6. The number of nitrogens with one attached hydrogen (secondary N) is 1. The fraction of sp³-hybridized carbons (Fsp3) is 0.118. The van der Waals surface area contributed by atoms with E-state index in [2.05, 4.69) is 20.4 Å². The van der Waals surface area contributed by atoms with Crippen LogP contribution >= 0.6 is 0 Å². The average molecular weight is 335 g/mol. The zero-order chi connectivity index (χ0) is 17.6. The van der Waals surface area contributed by atoms with E-state index < -0.39 is 0 Å². The average Bonchev–Trinajstić information content (AvgIpc) is 3.08. The lowest BCUT2D eigenvalue weighted by Crippen LogP contribution is -2.24. The van der Waals surface area contributed by atoms with Gasteiger partial charge in [-0.3, -0.25) is 4.79 Å². The lowest BCUT2D eigenvalue weighted by molar-refractivity contribution is -0.120. The summed E-state index contributed by atoms with van der Waals surface area (Å²) in [5.41, 5.74) is 1.25. The molecule has 3 rings (SSSR count). The highest BCUT2D eigenvalue weighted by atomic mass is 16.5. The summed E-state index contributed by atoms with van der Waals surface area (Å²) in [5.74, 6) is -0.352. The monoisotopic (exact) mass is 335 g/mol. The Morgan fingerprint density at radius 3 is 2.84 bits per heavy atom. The molecule has 124 valence electrons. The van der Waals surface area contributed by atoms with Gasteiger partial charge in [0.2, 0.25) is 5.91 Å². The maximum Gasteiger partial charge on any atom is 0.280 e. The molecule has 25 heavy (non-hydrogen) atoms. The molecule has 2 heterocycles. The molecule has 0 saturated carbocycles. The van der Waals surface area contributed by atoms with Gasteiger partial charge in [0.15, 0.2) is 11.5 Å². The lowest BCUT2D eigenvalue weighted by atomic mass is 10.2. The third kappa shape index (κ3) is 3.97. The molecule has 1 amide bonds. The molecule has 1 aromatic carbocycles. The summed E-state index contributed by atoms with van der Waals surface area (Å²) in [4.78, 5) is 19.9. The van der Waals surface area contributed by atoms with Crippen LogP contribution in [0.5, 0.6) is 5.75 Å². The van der Waals surface area contributed by atoms with Crippen molar-refractivity contribution < 1.29 is 14.4 Å². The SMILES string of the molecule is N#Cc1cnc(-c2nc(CC(=O)NCc3ccccc3)no2)c(O)c1. The van der Waals surface area contributed by atoms with Gasteiger partial charge in [-0.2, -0.15) is 10.2 Å². The predicted molar refractivity (Wildman–Crippen MR) is 85.9 cm³/mol. The minimum atomic E-state index is -0.256. The standard InChI is InChI=1S/C17H13N5O3/c18-8-12-6-13(23)16(20-10-12)17-21-14(22-25-17)7-15(24)19-9-11-4-2-1-3-5-11/h1-6,10,23H,7,9H2,(H,19,24). The van der Waals surface area contributed by atoms with Crippen molar-refractivity contribution in [1.82, 2.24) is 20.4 Å². The number of pyridine rings is 1. The maximum atomic E-state index is 11.9. The second-order valence-corrected chi connectivity index (χ2v) is 5.16. The van der Waals surface area contributed by atoms with Gasteiger partial charge in [-0.1, -0.05) is 35.5 Å². The van der Waals surface area contributed by atoms with Gasteiger partial charge in [0.05, 0.1) is 12.0 Å². The molecule has 0 unspecified atom stereocenters. The van der Waals surface area contributed by atoms with E-state index in [9.17, 15) is 9.90 Å². The molecule has 0 bridgehead atoms. The number of carbonyl (C=O) groups is 1. The van der Waals surface area contributed by atoms with E-state index in [1.807, 2.05) is 36.4 Å². The summed E-state index contributed by atoms with van der Waals surface area (Å²) < 4.78 is 5.02. The number of aromatic nitrogens is 3. The Balaban J connectivity index is 1.63. The highest BCUT2D eigenvalue weighted by Crippen LogP contribution is 2.25. The van der Waals surface area contributed by atoms with Gasteiger partial charge in [0.25, 0.3) is 5.89 Å². The van der Waals surface area contributed by atoms with E-state index in [0.29, 0.717) is 6.54 Å². The van der Waals surface area contributed by atoms with E-state index in [-0.39, 0.29) is 41.1 Å². The molecule has 0 aliphatic carbocycles. The number of amides is 1. The van der Waals surface area contributed by atoms with Crippen molar-refractivity contribution in [3.63, 3.8) is 0 Å².